The van der Waals surface area contributed by atoms with Crippen molar-refractivity contribution in [2.75, 3.05) is 17.7 Å². The van der Waals surface area contributed by atoms with Gasteiger partial charge in [-0.05, 0) is 36.2 Å². The summed E-state index contributed by atoms with van der Waals surface area (Å²) < 4.78 is 23.6. The average molecular weight is 372 g/mol. The molecule has 136 valence electrons. The number of nitrogens with zero attached hydrogens (tertiary/aromatic N) is 1. The highest BCUT2D eigenvalue weighted by Gasteiger charge is 2.21. The van der Waals surface area contributed by atoms with Crippen LogP contribution in [0, 0.1) is 0 Å². The first-order valence-electron chi connectivity index (χ1n) is 8.33. The fourth-order valence-corrected chi connectivity index (χ4v) is 3.86. The molecule has 6 nitrogen and oxygen atoms in total. The molecule has 1 aliphatic rings. The van der Waals surface area contributed by atoms with E-state index in [0.29, 0.717) is 6.42 Å². The zero-order valence-electron chi connectivity index (χ0n) is 14.4. The van der Waals surface area contributed by atoms with Gasteiger partial charge in [-0.25, -0.2) is 8.42 Å². The lowest BCUT2D eigenvalue weighted by Gasteiger charge is -2.16. The lowest BCUT2D eigenvalue weighted by Crippen LogP contribution is -2.25. The number of anilines is 1. The highest BCUT2D eigenvalue weighted by molar-refractivity contribution is 7.90. The number of rotatable bonds is 5. The molecule has 0 aromatic heterocycles. The van der Waals surface area contributed by atoms with Crippen molar-refractivity contribution >= 4 is 27.3 Å². The molecule has 1 N–H and O–H groups in total. The van der Waals surface area contributed by atoms with Gasteiger partial charge in [-0.2, -0.15) is 0 Å². The molecule has 0 radical (unpaired) electrons. The van der Waals surface area contributed by atoms with E-state index in [-0.39, 0.29) is 22.9 Å². The Hall–Kier alpha value is -2.67. The Balaban J connectivity index is 1.68. The van der Waals surface area contributed by atoms with Crippen LogP contribution >= 0.6 is 0 Å². The summed E-state index contributed by atoms with van der Waals surface area (Å²) in [6, 6.07) is 13.6. The molecule has 3 rings (SSSR count). The summed E-state index contributed by atoms with van der Waals surface area (Å²) in [5.41, 5.74) is 1.85. The summed E-state index contributed by atoms with van der Waals surface area (Å²) >= 11 is 0. The Morgan fingerprint density at radius 2 is 1.81 bits per heavy atom. The number of carbonyl (C=O) groups is 2. The second-order valence-corrected chi connectivity index (χ2v) is 8.25. The smallest absolute Gasteiger partial charge is 0.252 e. The summed E-state index contributed by atoms with van der Waals surface area (Å²) in [6.45, 7) is 1.00. The van der Waals surface area contributed by atoms with Gasteiger partial charge >= 0.3 is 0 Å². The van der Waals surface area contributed by atoms with E-state index >= 15 is 0 Å². The minimum absolute atomic E-state index is 0.0143. The summed E-state index contributed by atoms with van der Waals surface area (Å²) in [7, 11) is -3.48. The second kappa shape index (κ2) is 7.29. The molecule has 2 aromatic rings. The lowest BCUT2D eigenvalue weighted by molar-refractivity contribution is -0.117. The molecule has 0 unspecified atom stereocenters. The zero-order valence-corrected chi connectivity index (χ0v) is 15.3. The number of carbonyl (C=O) groups excluding carboxylic acids is 2. The molecule has 1 heterocycles. The minimum atomic E-state index is -3.48. The fourth-order valence-electron chi connectivity index (χ4n) is 2.97. The van der Waals surface area contributed by atoms with E-state index in [1.165, 1.54) is 12.1 Å². The standard InChI is InChI=1S/C19H20N2O4S/c1-26(24,25)17-6-3-2-5-16(17)19(23)20-13-14-8-10-15(11-9-14)21-12-4-7-18(21)22/h2-3,5-6,8-11H,4,7,12-13H2,1H3,(H,20,23). The van der Waals surface area contributed by atoms with Crippen LogP contribution < -0.4 is 10.2 Å². The molecule has 1 saturated heterocycles. The van der Waals surface area contributed by atoms with E-state index < -0.39 is 15.7 Å². The van der Waals surface area contributed by atoms with Crippen LogP contribution in [0.5, 0.6) is 0 Å². The first-order valence-corrected chi connectivity index (χ1v) is 10.2. The molecule has 2 aromatic carbocycles. The molecule has 0 spiro atoms. The molecule has 0 atom stereocenters. The normalized spacial score (nSPS) is 14.5. The Bertz CT molecular complexity index is 936. The Morgan fingerprint density at radius 3 is 2.42 bits per heavy atom. The Labute approximate surface area is 152 Å². The van der Waals surface area contributed by atoms with Crippen molar-refractivity contribution in [2.45, 2.75) is 24.3 Å². The molecule has 1 fully saturated rings. The number of amides is 2. The number of nitrogens with one attached hydrogen (secondary N) is 1. The van der Waals surface area contributed by atoms with Crippen molar-refractivity contribution in [3.63, 3.8) is 0 Å². The summed E-state index contributed by atoms with van der Waals surface area (Å²) in [5.74, 6) is -0.312. The Morgan fingerprint density at radius 1 is 1.12 bits per heavy atom. The van der Waals surface area contributed by atoms with E-state index in [1.54, 1.807) is 17.0 Å². The van der Waals surface area contributed by atoms with Crippen molar-refractivity contribution < 1.29 is 18.0 Å². The van der Waals surface area contributed by atoms with Crippen LogP contribution in [0.4, 0.5) is 5.69 Å². The minimum Gasteiger partial charge on any atom is -0.348 e. The van der Waals surface area contributed by atoms with Crippen LogP contribution in [0.25, 0.3) is 0 Å². The monoisotopic (exact) mass is 372 g/mol. The molecule has 26 heavy (non-hydrogen) atoms. The lowest BCUT2D eigenvalue weighted by atomic mass is 10.1. The number of benzene rings is 2. The van der Waals surface area contributed by atoms with Crippen molar-refractivity contribution in [1.29, 1.82) is 0 Å². The van der Waals surface area contributed by atoms with Crippen LogP contribution in [0.2, 0.25) is 0 Å². The third-order valence-electron chi connectivity index (χ3n) is 4.31. The predicted octanol–water partition coefficient (Wildman–Crippen LogP) is 2.15. The molecule has 0 aliphatic carbocycles. The quantitative estimate of drug-likeness (QED) is 0.872. The maximum absolute atomic E-state index is 12.4. The largest absolute Gasteiger partial charge is 0.348 e. The van der Waals surface area contributed by atoms with Crippen LogP contribution in [0.3, 0.4) is 0 Å². The number of hydrogen-bond acceptors (Lipinski definition) is 4. The van der Waals surface area contributed by atoms with Gasteiger partial charge in [-0.3, -0.25) is 9.59 Å². The summed E-state index contributed by atoms with van der Waals surface area (Å²) in [6.07, 6.45) is 2.53. The number of sulfone groups is 1. The SMILES string of the molecule is CS(=O)(=O)c1ccccc1C(=O)NCc1ccc(N2CCCC2=O)cc1. The van der Waals surface area contributed by atoms with E-state index in [2.05, 4.69) is 5.32 Å². The van der Waals surface area contributed by atoms with Gasteiger partial charge in [-0.15, -0.1) is 0 Å². The van der Waals surface area contributed by atoms with Crippen LogP contribution in [0.1, 0.15) is 28.8 Å². The maximum atomic E-state index is 12.4. The topological polar surface area (TPSA) is 83.6 Å². The summed E-state index contributed by atoms with van der Waals surface area (Å²) in [5, 5.41) is 2.74. The molecular weight excluding hydrogens is 352 g/mol. The highest BCUT2D eigenvalue weighted by atomic mass is 32.2. The second-order valence-electron chi connectivity index (χ2n) is 6.27. The van der Waals surface area contributed by atoms with Gasteiger partial charge in [0.15, 0.2) is 9.84 Å². The van der Waals surface area contributed by atoms with E-state index in [4.69, 9.17) is 0 Å². The third kappa shape index (κ3) is 3.94. The van der Waals surface area contributed by atoms with Crippen molar-refractivity contribution in [2.24, 2.45) is 0 Å². The molecule has 0 saturated carbocycles. The number of hydrogen-bond donors (Lipinski definition) is 1. The van der Waals surface area contributed by atoms with Gasteiger partial charge in [0.25, 0.3) is 5.91 Å². The van der Waals surface area contributed by atoms with Gasteiger partial charge in [0.05, 0.1) is 10.5 Å². The molecule has 0 bridgehead atoms. The van der Waals surface area contributed by atoms with E-state index in [0.717, 1.165) is 30.5 Å². The van der Waals surface area contributed by atoms with Crippen molar-refractivity contribution in [3.8, 4) is 0 Å². The average Bonchev–Trinajstić information content (AvgIpc) is 3.05. The first-order chi connectivity index (χ1) is 12.4. The molecule has 7 heteroatoms. The van der Waals surface area contributed by atoms with E-state index in [9.17, 15) is 18.0 Å². The van der Waals surface area contributed by atoms with Gasteiger partial charge < -0.3 is 10.2 Å². The van der Waals surface area contributed by atoms with Crippen molar-refractivity contribution in [1.82, 2.24) is 5.32 Å². The first kappa shape index (κ1) is 18.1. The van der Waals surface area contributed by atoms with Gasteiger partial charge in [0.2, 0.25) is 5.91 Å². The van der Waals surface area contributed by atoms with Crippen molar-refractivity contribution in [3.05, 3.63) is 59.7 Å². The van der Waals surface area contributed by atoms with Crippen LogP contribution in [0.15, 0.2) is 53.4 Å². The van der Waals surface area contributed by atoms with E-state index in [1.807, 2.05) is 24.3 Å². The summed E-state index contributed by atoms with van der Waals surface area (Å²) in [4.78, 5) is 25.9. The Kier molecular flexibility index (Phi) is 5.08. The predicted molar refractivity (Wildman–Crippen MR) is 98.8 cm³/mol. The van der Waals surface area contributed by atoms with Gasteiger partial charge in [0.1, 0.15) is 0 Å². The van der Waals surface area contributed by atoms with Gasteiger partial charge in [0, 0.05) is 31.5 Å². The molecule has 2 amide bonds. The highest BCUT2D eigenvalue weighted by Crippen LogP contribution is 2.21. The maximum Gasteiger partial charge on any atom is 0.252 e. The van der Waals surface area contributed by atoms with Crippen LogP contribution in [-0.2, 0) is 21.2 Å². The molecular formula is C19H20N2O4S. The zero-order chi connectivity index (χ0) is 18.7. The fraction of sp³-hybridized carbons (Fsp3) is 0.263. The third-order valence-corrected chi connectivity index (χ3v) is 5.46. The molecule has 1 aliphatic heterocycles. The van der Waals surface area contributed by atoms with Gasteiger partial charge in [-0.1, -0.05) is 24.3 Å². The van der Waals surface area contributed by atoms with Crippen LogP contribution in [-0.4, -0.2) is 33.0 Å².